The normalized spacial score (nSPS) is 12.5. The summed E-state index contributed by atoms with van der Waals surface area (Å²) >= 11 is 2.25. The van der Waals surface area contributed by atoms with Crippen LogP contribution >= 0.6 is 22.6 Å². The van der Waals surface area contributed by atoms with Crippen LogP contribution in [0, 0.1) is 3.57 Å². The standard InChI is InChI=1S/C16H17IO2/c1-11(2)19-15-5-3-4-13(10-15)16(18)12-6-8-14(17)9-7-12/h3-11,16,18H,1-2H3. The van der Waals surface area contributed by atoms with Gasteiger partial charge in [0.15, 0.2) is 0 Å². The van der Waals surface area contributed by atoms with Crippen LogP contribution in [0.25, 0.3) is 0 Å². The topological polar surface area (TPSA) is 29.5 Å². The molecule has 0 saturated carbocycles. The first-order valence-corrected chi connectivity index (χ1v) is 7.34. The summed E-state index contributed by atoms with van der Waals surface area (Å²) in [5, 5.41) is 10.4. The van der Waals surface area contributed by atoms with Gasteiger partial charge in [-0.2, -0.15) is 0 Å². The number of hydrogen-bond donors (Lipinski definition) is 1. The molecule has 0 amide bonds. The highest BCUT2D eigenvalue weighted by Gasteiger charge is 2.11. The van der Waals surface area contributed by atoms with Gasteiger partial charge in [0.2, 0.25) is 0 Å². The molecule has 0 aliphatic carbocycles. The van der Waals surface area contributed by atoms with Crippen molar-refractivity contribution in [2.24, 2.45) is 0 Å². The zero-order valence-corrected chi connectivity index (χ0v) is 13.2. The number of rotatable bonds is 4. The van der Waals surface area contributed by atoms with Crippen LogP contribution in [0.3, 0.4) is 0 Å². The van der Waals surface area contributed by atoms with E-state index in [1.807, 2.05) is 62.4 Å². The van der Waals surface area contributed by atoms with Gasteiger partial charge in [0, 0.05) is 3.57 Å². The zero-order valence-electron chi connectivity index (χ0n) is 11.0. The molecule has 0 heterocycles. The lowest BCUT2D eigenvalue weighted by atomic mass is 10.0. The maximum atomic E-state index is 10.4. The van der Waals surface area contributed by atoms with E-state index in [-0.39, 0.29) is 6.10 Å². The molecule has 0 aliphatic heterocycles. The van der Waals surface area contributed by atoms with E-state index in [1.165, 1.54) is 0 Å². The summed E-state index contributed by atoms with van der Waals surface area (Å²) < 4.78 is 6.81. The maximum Gasteiger partial charge on any atom is 0.120 e. The third-order valence-electron chi connectivity index (χ3n) is 2.73. The Kier molecular flexibility index (Phi) is 4.82. The minimum absolute atomic E-state index is 0.130. The average Bonchev–Trinajstić information content (AvgIpc) is 2.38. The Hall–Kier alpha value is -1.07. The molecule has 2 aromatic rings. The molecule has 2 aromatic carbocycles. The second-order valence-electron chi connectivity index (χ2n) is 4.69. The van der Waals surface area contributed by atoms with Crippen molar-refractivity contribution < 1.29 is 9.84 Å². The molecule has 1 N–H and O–H groups in total. The number of halogens is 1. The fourth-order valence-corrected chi connectivity index (χ4v) is 2.23. The lowest BCUT2D eigenvalue weighted by molar-refractivity contribution is 0.216. The molecule has 0 fully saturated rings. The summed E-state index contributed by atoms with van der Waals surface area (Å²) in [4.78, 5) is 0. The molecule has 2 nitrogen and oxygen atoms in total. The second kappa shape index (κ2) is 6.39. The summed E-state index contributed by atoms with van der Waals surface area (Å²) in [5.74, 6) is 0.789. The highest BCUT2D eigenvalue weighted by atomic mass is 127. The molecule has 0 aromatic heterocycles. The number of hydrogen-bond acceptors (Lipinski definition) is 2. The number of benzene rings is 2. The number of aliphatic hydroxyl groups excluding tert-OH is 1. The molecule has 1 atom stereocenters. The second-order valence-corrected chi connectivity index (χ2v) is 5.94. The van der Waals surface area contributed by atoms with E-state index in [2.05, 4.69) is 22.6 Å². The monoisotopic (exact) mass is 368 g/mol. The Balaban J connectivity index is 2.23. The summed E-state index contributed by atoms with van der Waals surface area (Å²) in [6, 6.07) is 15.5. The molecule has 0 aliphatic rings. The van der Waals surface area contributed by atoms with Crippen molar-refractivity contribution in [1.29, 1.82) is 0 Å². The van der Waals surface area contributed by atoms with Crippen LogP contribution in [-0.2, 0) is 0 Å². The molecule has 1 unspecified atom stereocenters. The third-order valence-corrected chi connectivity index (χ3v) is 3.45. The molecule has 100 valence electrons. The first-order chi connectivity index (χ1) is 9.06. The zero-order chi connectivity index (χ0) is 13.8. The first-order valence-electron chi connectivity index (χ1n) is 6.26. The van der Waals surface area contributed by atoms with Crippen LogP contribution in [0.5, 0.6) is 5.75 Å². The van der Waals surface area contributed by atoms with Crippen molar-refractivity contribution in [3.05, 3.63) is 63.2 Å². The van der Waals surface area contributed by atoms with Crippen LogP contribution < -0.4 is 4.74 Å². The van der Waals surface area contributed by atoms with Gasteiger partial charge >= 0.3 is 0 Å². The van der Waals surface area contributed by atoms with Gasteiger partial charge < -0.3 is 9.84 Å². The lowest BCUT2D eigenvalue weighted by Crippen LogP contribution is -2.06. The molecular formula is C16H17IO2. The predicted octanol–water partition coefficient (Wildman–Crippen LogP) is 4.16. The Labute approximate surface area is 127 Å². The number of aliphatic hydroxyl groups is 1. The smallest absolute Gasteiger partial charge is 0.120 e. The van der Waals surface area contributed by atoms with E-state index in [0.717, 1.165) is 20.4 Å². The SMILES string of the molecule is CC(C)Oc1cccc(C(O)c2ccc(I)cc2)c1. The van der Waals surface area contributed by atoms with Crippen LogP contribution in [-0.4, -0.2) is 11.2 Å². The largest absolute Gasteiger partial charge is 0.491 e. The minimum atomic E-state index is -0.618. The van der Waals surface area contributed by atoms with E-state index in [0.29, 0.717) is 0 Å². The number of ether oxygens (including phenoxy) is 1. The van der Waals surface area contributed by atoms with Gasteiger partial charge in [0.05, 0.1) is 6.10 Å². The maximum absolute atomic E-state index is 10.4. The Morgan fingerprint density at radius 1 is 1.00 bits per heavy atom. The van der Waals surface area contributed by atoms with Gasteiger partial charge in [-0.3, -0.25) is 0 Å². The molecule has 0 radical (unpaired) electrons. The summed E-state index contributed by atoms with van der Waals surface area (Å²) in [7, 11) is 0. The molecule has 2 rings (SSSR count). The van der Waals surface area contributed by atoms with Crippen LogP contribution in [0.15, 0.2) is 48.5 Å². The van der Waals surface area contributed by atoms with E-state index >= 15 is 0 Å². The quantitative estimate of drug-likeness (QED) is 0.822. The molecule has 3 heteroatoms. The molecule has 0 bridgehead atoms. The van der Waals surface area contributed by atoms with Crippen molar-refractivity contribution >= 4 is 22.6 Å². The van der Waals surface area contributed by atoms with E-state index < -0.39 is 6.10 Å². The van der Waals surface area contributed by atoms with Gasteiger partial charge in [-0.1, -0.05) is 24.3 Å². The van der Waals surface area contributed by atoms with Crippen molar-refractivity contribution in [3.63, 3.8) is 0 Å². The predicted molar refractivity (Wildman–Crippen MR) is 85.4 cm³/mol. The van der Waals surface area contributed by atoms with Gasteiger partial charge in [0.25, 0.3) is 0 Å². The van der Waals surface area contributed by atoms with Crippen molar-refractivity contribution in [2.45, 2.75) is 26.1 Å². The molecule has 19 heavy (non-hydrogen) atoms. The van der Waals surface area contributed by atoms with Gasteiger partial charge in [0.1, 0.15) is 11.9 Å². The molecular weight excluding hydrogens is 351 g/mol. The Morgan fingerprint density at radius 3 is 2.32 bits per heavy atom. The fraction of sp³-hybridized carbons (Fsp3) is 0.250. The van der Waals surface area contributed by atoms with Crippen LogP contribution in [0.4, 0.5) is 0 Å². The minimum Gasteiger partial charge on any atom is -0.491 e. The van der Waals surface area contributed by atoms with Crippen molar-refractivity contribution in [3.8, 4) is 5.75 Å². The van der Waals surface area contributed by atoms with Crippen molar-refractivity contribution in [1.82, 2.24) is 0 Å². The van der Waals surface area contributed by atoms with Crippen LogP contribution in [0.1, 0.15) is 31.1 Å². The van der Waals surface area contributed by atoms with Crippen molar-refractivity contribution in [2.75, 3.05) is 0 Å². The van der Waals surface area contributed by atoms with Gasteiger partial charge in [-0.15, -0.1) is 0 Å². The van der Waals surface area contributed by atoms with E-state index in [9.17, 15) is 5.11 Å². The lowest BCUT2D eigenvalue weighted by Gasteiger charge is -2.14. The highest BCUT2D eigenvalue weighted by molar-refractivity contribution is 14.1. The van der Waals surface area contributed by atoms with E-state index in [4.69, 9.17) is 4.74 Å². The van der Waals surface area contributed by atoms with Crippen LogP contribution in [0.2, 0.25) is 0 Å². The Morgan fingerprint density at radius 2 is 1.68 bits per heavy atom. The van der Waals surface area contributed by atoms with Gasteiger partial charge in [-0.25, -0.2) is 0 Å². The molecule has 0 saturated heterocycles. The summed E-state index contributed by atoms with van der Waals surface area (Å²) in [6.45, 7) is 3.98. The van der Waals surface area contributed by atoms with E-state index in [1.54, 1.807) is 0 Å². The average molecular weight is 368 g/mol. The molecule has 0 spiro atoms. The first kappa shape index (κ1) is 14.3. The fourth-order valence-electron chi connectivity index (χ4n) is 1.87. The highest BCUT2D eigenvalue weighted by Crippen LogP contribution is 2.26. The summed E-state index contributed by atoms with van der Waals surface area (Å²) in [5.41, 5.74) is 1.74. The third kappa shape index (κ3) is 3.94. The van der Waals surface area contributed by atoms with Gasteiger partial charge in [-0.05, 0) is 71.8 Å². The summed E-state index contributed by atoms with van der Waals surface area (Å²) in [6.07, 6.45) is -0.488. The Bertz CT molecular complexity index is 535.